The fourth-order valence-electron chi connectivity index (χ4n) is 2.74. The fraction of sp³-hybridized carbons (Fsp3) is 0.562. The summed E-state index contributed by atoms with van der Waals surface area (Å²) in [5.41, 5.74) is 2.03. The Morgan fingerprint density at radius 3 is 2.53 bits per heavy atom. The molecule has 0 aromatic heterocycles. The second kappa shape index (κ2) is 5.33. The number of hydrogen-bond donors (Lipinski definition) is 1. The Balaban J connectivity index is 2.08. The van der Waals surface area contributed by atoms with Gasteiger partial charge in [0.15, 0.2) is 0 Å². The van der Waals surface area contributed by atoms with Crippen molar-refractivity contribution < 1.29 is 9.90 Å². The number of rotatable bonds is 4. The van der Waals surface area contributed by atoms with Crippen molar-refractivity contribution in [2.45, 2.75) is 39.7 Å². The molecule has 0 amide bonds. The highest BCUT2D eigenvalue weighted by Gasteiger charge is 2.41. The van der Waals surface area contributed by atoms with Crippen LogP contribution in [-0.2, 0) is 11.2 Å². The molecule has 1 aliphatic heterocycles. The molecule has 0 radical (unpaired) electrons. The highest BCUT2D eigenvalue weighted by Crippen LogP contribution is 2.35. The number of likely N-dealkylation sites (tertiary alicyclic amines) is 1. The predicted octanol–water partition coefficient (Wildman–Crippen LogP) is 3.11. The first-order valence-electron chi connectivity index (χ1n) is 7.02. The average molecular weight is 261 g/mol. The first-order valence-corrected chi connectivity index (χ1v) is 7.02. The molecule has 1 heterocycles. The maximum absolute atomic E-state index is 11.3. The Kier molecular flexibility index (Phi) is 3.95. The van der Waals surface area contributed by atoms with Crippen LogP contribution in [0.5, 0.6) is 0 Å². The minimum Gasteiger partial charge on any atom is -0.481 e. The van der Waals surface area contributed by atoms with E-state index in [1.54, 1.807) is 0 Å². The molecule has 0 aliphatic carbocycles. The Hall–Kier alpha value is -1.35. The van der Waals surface area contributed by atoms with E-state index in [1.807, 2.05) is 6.92 Å². The molecule has 1 aromatic carbocycles. The lowest BCUT2D eigenvalue weighted by Gasteiger charge is -2.26. The maximum atomic E-state index is 11.3. The summed E-state index contributed by atoms with van der Waals surface area (Å²) in [6.07, 6.45) is 1.79. The summed E-state index contributed by atoms with van der Waals surface area (Å²) < 4.78 is 0. The Bertz CT molecular complexity index is 454. The van der Waals surface area contributed by atoms with Crippen molar-refractivity contribution >= 4 is 5.97 Å². The van der Waals surface area contributed by atoms with Crippen molar-refractivity contribution in [3.05, 3.63) is 35.4 Å². The lowest BCUT2D eigenvalue weighted by molar-refractivity contribution is -0.147. The zero-order valence-corrected chi connectivity index (χ0v) is 12.0. The molecule has 0 saturated carbocycles. The van der Waals surface area contributed by atoms with Crippen LogP contribution in [0.25, 0.3) is 0 Å². The molecule has 0 spiro atoms. The van der Waals surface area contributed by atoms with Crippen molar-refractivity contribution in [2.24, 2.45) is 5.41 Å². The SMILES string of the molecule is CCc1ccc(C(C)N2CCC(C)(C(=O)O)C2)cc1. The summed E-state index contributed by atoms with van der Waals surface area (Å²) in [5, 5.41) is 9.28. The second-order valence-electron chi connectivity index (χ2n) is 5.86. The third kappa shape index (κ3) is 2.81. The van der Waals surface area contributed by atoms with Crippen LogP contribution in [0.1, 0.15) is 44.4 Å². The molecule has 3 heteroatoms. The van der Waals surface area contributed by atoms with E-state index in [1.165, 1.54) is 11.1 Å². The van der Waals surface area contributed by atoms with Crippen LogP contribution >= 0.6 is 0 Å². The lowest BCUT2D eigenvalue weighted by atomic mass is 9.90. The van der Waals surface area contributed by atoms with Gasteiger partial charge in [0, 0.05) is 12.6 Å². The number of hydrogen-bond acceptors (Lipinski definition) is 2. The average Bonchev–Trinajstić information content (AvgIpc) is 2.82. The van der Waals surface area contributed by atoms with Gasteiger partial charge in [0.05, 0.1) is 5.41 Å². The van der Waals surface area contributed by atoms with Crippen molar-refractivity contribution in [3.63, 3.8) is 0 Å². The van der Waals surface area contributed by atoms with Gasteiger partial charge < -0.3 is 5.11 Å². The molecule has 104 valence electrons. The molecular formula is C16H23NO2. The number of carboxylic acid groups (broad SMARTS) is 1. The van der Waals surface area contributed by atoms with E-state index in [0.717, 1.165) is 19.4 Å². The first kappa shape index (κ1) is 14.1. The molecular weight excluding hydrogens is 238 g/mol. The standard InChI is InChI=1S/C16H23NO2/c1-4-13-5-7-14(8-6-13)12(2)17-10-9-16(3,11-17)15(18)19/h5-8,12H,4,9-11H2,1-3H3,(H,18,19). The zero-order valence-electron chi connectivity index (χ0n) is 12.0. The number of nitrogens with zero attached hydrogens (tertiary/aromatic N) is 1. The van der Waals surface area contributed by atoms with E-state index in [2.05, 4.69) is 43.0 Å². The van der Waals surface area contributed by atoms with Crippen LogP contribution in [0.15, 0.2) is 24.3 Å². The topological polar surface area (TPSA) is 40.5 Å². The molecule has 2 atom stereocenters. The van der Waals surface area contributed by atoms with Crippen molar-refractivity contribution in [1.82, 2.24) is 4.90 Å². The Morgan fingerprint density at radius 2 is 2.05 bits per heavy atom. The molecule has 1 aromatic rings. The van der Waals surface area contributed by atoms with Gasteiger partial charge in [-0.3, -0.25) is 9.69 Å². The normalized spacial score (nSPS) is 25.4. The van der Waals surface area contributed by atoms with Gasteiger partial charge in [-0.1, -0.05) is 31.2 Å². The van der Waals surface area contributed by atoms with Crippen LogP contribution in [0.3, 0.4) is 0 Å². The monoisotopic (exact) mass is 261 g/mol. The Labute approximate surface area is 115 Å². The predicted molar refractivity (Wildman–Crippen MR) is 76.2 cm³/mol. The number of carboxylic acids is 1. The first-order chi connectivity index (χ1) is 8.96. The molecule has 1 N–H and O–H groups in total. The number of aryl methyl sites for hydroxylation is 1. The van der Waals surface area contributed by atoms with E-state index < -0.39 is 11.4 Å². The highest BCUT2D eigenvalue weighted by molar-refractivity contribution is 5.74. The summed E-state index contributed by atoms with van der Waals surface area (Å²) in [6.45, 7) is 7.66. The molecule has 19 heavy (non-hydrogen) atoms. The molecule has 1 saturated heterocycles. The maximum Gasteiger partial charge on any atom is 0.310 e. The van der Waals surface area contributed by atoms with Crippen LogP contribution in [0.2, 0.25) is 0 Å². The molecule has 1 aliphatic rings. The third-order valence-electron chi connectivity index (χ3n) is 4.44. The van der Waals surface area contributed by atoms with Gasteiger partial charge in [0.1, 0.15) is 0 Å². The lowest BCUT2D eigenvalue weighted by Crippen LogP contribution is -2.32. The molecule has 0 bridgehead atoms. The van der Waals surface area contributed by atoms with Crippen LogP contribution in [0.4, 0.5) is 0 Å². The number of aliphatic carboxylic acids is 1. The van der Waals surface area contributed by atoms with Crippen LogP contribution in [-0.4, -0.2) is 29.1 Å². The summed E-state index contributed by atoms with van der Waals surface area (Å²) in [5.74, 6) is -0.677. The molecule has 2 rings (SSSR count). The van der Waals surface area contributed by atoms with Gasteiger partial charge in [-0.2, -0.15) is 0 Å². The van der Waals surface area contributed by atoms with Gasteiger partial charge in [0.2, 0.25) is 0 Å². The summed E-state index contributed by atoms with van der Waals surface area (Å²) >= 11 is 0. The van der Waals surface area contributed by atoms with E-state index in [9.17, 15) is 9.90 Å². The third-order valence-corrected chi connectivity index (χ3v) is 4.44. The molecule has 1 fully saturated rings. The molecule has 3 nitrogen and oxygen atoms in total. The summed E-state index contributed by atoms with van der Waals surface area (Å²) in [7, 11) is 0. The Morgan fingerprint density at radius 1 is 1.42 bits per heavy atom. The fourth-order valence-corrected chi connectivity index (χ4v) is 2.74. The molecule has 2 unspecified atom stereocenters. The van der Waals surface area contributed by atoms with Crippen molar-refractivity contribution in [3.8, 4) is 0 Å². The second-order valence-corrected chi connectivity index (χ2v) is 5.86. The van der Waals surface area contributed by atoms with Gasteiger partial charge in [0.25, 0.3) is 0 Å². The van der Waals surface area contributed by atoms with Crippen molar-refractivity contribution in [1.29, 1.82) is 0 Å². The van der Waals surface area contributed by atoms with Gasteiger partial charge >= 0.3 is 5.97 Å². The van der Waals surface area contributed by atoms with Crippen molar-refractivity contribution in [2.75, 3.05) is 13.1 Å². The van der Waals surface area contributed by atoms with E-state index >= 15 is 0 Å². The minimum absolute atomic E-state index is 0.284. The van der Waals surface area contributed by atoms with E-state index in [-0.39, 0.29) is 6.04 Å². The van der Waals surface area contributed by atoms with Gasteiger partial charge in [-0.15, -0.1) is 0 Å². The largest absolute Gasteiger partial charge is 0.481 e. The van der Waals surface area contributed by atoms with E-state index in [4.69, 9.17) is 0 Å². The smallest absolute Gasteiger partial charge is 0.310 e. The van der Waals surface area contributed by atoms with Crippen LogP contribution in [0, 0.1) is 5.41 Å². The summed E-state index contributed by atoms with van der Waals surface area (Å²) in [4.78, 5) is 13.6. The van der Waals surface area contributed by atoms with Crippen LogP contribution < -0.4 is 0 Å². The quantitative estimate of drug-likeness (QED) is 0.905. The minimum atomic E-state index is -0.677. The zero-order chi connectivity index (χ0) is 14.0. The van der Waals surface area contributed by atoms with E-state index in [0.29, 0.717) is 6.54 Å². The summed E-state index contributed by atoms with van der Waals surface area (Å²) in [6, 6.07) is 8.95. The van der Waals surface area contributed by atoms with Gasteiger partial charge in [-0.05, 0) is 44.4 Å². The number of carbonyl (C=O) groups is 1. The van der Waals surface area contributed by atoms with Gasteiger partial charge in [-0.25, -0.2) is 0 Å². The number of benzene rings is 1. The highest BCUT2D eigenvalue weighted by atomic mass is 16.4.